The fourth-order valence-electron chi connectivity index (χ4n) is 0.373. The molecule has 0 aromatic carbocycles. The summed E-state index contributed by atoms with van der Waals surface area (Å²) in [5, 5.41) is 1.93. The van der Waals surface area contributed by atoms with Gasteiger partial charge < -0.3 is 5.73 Å². The number of carbonyl (C=O) groups excluding carboxylic acids is 3. The average molecular weight is 156 g/mol. The van der Waals surface area contributed by atoms with Crippen LogP contribution < -0.4 is 11.1 Å². The lowest BCUT2D eigenvalue weighted by Gasteiger charge is -1.91. The first-order chi connectivity index (χ1) is 5.02. The van der Waals surface area contributed by atoms with Crippen LogP contribution in [0.25, 0.3) is 0 Å². The minimum Gasteiger partial charge on any atom is -0.366 e. The van der Waals surface area contributed by atoms with E-state index in [1.165, 1.54) is 6.92 Å². The third kappa shape index (κ3) is 6.23. The second-order valence-electron chi connectivity index (χ2n) is 1.78. The van der Waals surface area contributed by atoms with Crippen molar-refractivity contribution < 1.29 is 14.4 Å². The maximum atomic E-state index is 10.5. The lowest BCUT2D eigenvalue weighted by Crippen LogP contribution is -2.26. The van der Waals surface area contributed by atoms with Crippen LogP contribution in [0.1, 0.15) is 6.92 Å². The molecule has 60 valence electrons. The van der Waals surface area contributed by atoms with E-state index in [0.29, 0.717) is 0 Å². The van der Waals surface area contributed by atoms with Crippen LogP contribution in [-0.2, 0) is 14.4 Å². The second kappa shape index (κ2) is 4.21. The fraction of sp³-hybridized carbons (Fsp3) is 0.167. The van der Waals surface area contributed by atoms with Crippen LogP contribution in [0.2, 0.25) is 0 Å². The van der Waals surface area contributed by atoms with E-state index in [0.717, 1.165) is 12.2 Å². The third-order valence-electron chi connectivity index (χ3n) is 0.698. The normalized spacial score (nSPS) is 9.55. The molecule has 0 bridgehead atoms. The molecule has 0 aliphatic carbocycles. The molecule has 0 aliphatic heterocycles. The third-order valence-corrected chi connectivity index (χ3v) is 0.698. The van der Waals surface area contributed by atoms with Crippen LogP contribution in [0, 0.1) is 0 Å². The summed E-state index contributed by atoms with van der Waals surface area (Å²) < 4.78 is 0. The van der Waals surface area contributed by atoms with Gasteiger partial charge in [-0.3, -0.25) is 19.7 Å². The first-order valence-electron chi connectivity index (χ1n) is 2.81. The number of primary amides is 1. The number of carbonyl (C=O) groups is 3. The molecule has 0 aromatic rings. The number of amides is 3. The summed E-state index contributed by atoms with van der Waals surface area (Å²) in [6.45, 7) is 1.19. The van der Waals surface area contributed by atoms with Crippen LogP contribution >= 0.6 is 0 Å². The molecular formula is C6H8N2O3. The zero-order valence-electron chi connectivity index (χ0n) is 5.96. The van der Waals surface area contributed by atoms with Crippen LogP contribution in [0.5, 0.6) is 0 Å². The van der Waals surface area contributed by atoms with Gasteiger partial charge in [0.2, 0.25) is 11.8 Å². The molecule has 0 unspecified atom stereocenters. The van der Waals surface area contributed by atoms with Crippen molar-refractivity contribution in [2.45, 2.75) is 6.92 Å². The molecule has 0 fully saturated rings. The smallest absolute Gasteiger partial charge is 0.250 e. The van der Waals surface area contributed by atoms with Gasteiger partial charge in [0.05, 0.1) is 0 Å². The van der Waals surface area contributed by atoms with E-state index in [1.54, 1.807) is 0 Å². The quantitative estimate of drug-likeness (QED) is 0.486. The Kier molecular flexibility index (Phi) is 3.58. The van der Waals surface area contributed by atoms with E-state index < -0.39 is 17.7 Å². The number of hydrogen-bond acceptors (Lipinski definition) is 3. The first kappa shape index (κ1) is 9.35. The lowest BCUT2D eigenvalue weighted by molar-refractivity contribution is -0.126. The predicted octanol–water partition coefficient (Wildman–Crippen LogP) is -1.31. The van der Waals surface area contributed by atoms with Crippen molar-refractivity contribution in [2.24, 2.45) is 5.73 Å². The Morgan fingerprint density at radius 1 is 1.27 bits per heavy atom. The lowest BCUT2D eigenvalue weighted by atomic mass is 10.4. The largest absolute Gasteiger partial charge is 0.366 e. The van der Waals surface area contributed by atoms with Gasteiger partial charge in [0, 0.05) is 19.1 Å². The number of rotatable bonds is 2. The minimum absolute atomic E-state index is 0.482. The number of nitrogens with two attached hydrogens (primary N) is 1. The highest BCUT2D eigenvalue weighted by Gasteiger charge is 1.97. The van der Waals surface area contributed by atoms with E-state index in [2.05, 4.69) is 5.73 Å². The van der Waals surface area contributed by atoms with Gasteiger partial charge in [-0.15, -0.1) is 0 Å². The van der Waals surface area contributed by atoms with Crippen LogP contribution in [-0.4, -0.2) is 17.7 Å². The van der Waals surface area contributed by atoms with Gasteiger partial charge in [0.25, 0.3) is 5.91 Å². The molecule has 3 amide bonds. The molecule has 0 atom stereocenters. The molecule has 11 heavy (non-hydrogen) atoms. The Labute approximate surface area is 63.2 Å². The molecule has 0 saturated carbocycles. The molecule has 0 heterocycles. The van der Waals surface area contributed by atoms with Gasteiger partial charge in [-0.2, -0.15) is 0 Å². The zero-order valence-corrected chi connectivity index (χ0v) is 5.96. The van der Waals surface area contributed by atoms with E-state index >= 15 is 0 Å². The van der Waals surface area contributed by atoms with Crippen molar-refractivity contribution in [3.8, 4) is 0 Å². The Bertz CT molecular complexity index is 220. The molecular weight excluding hydrogens is 148 g/mol. The number of nitrogens with one attached hydrogen (secondary N) is 1. The predicted molar refractivity (Wildman–Crippen MR) is 37.2 cm³/mol. The van der Waals surface area contributed by atoms with Crippen molar-refractivity contribution >= 4 is 17.7 Å². The van der Waals surface area contributed by atoms with E-state index in [4.69, 9.17) is 0 Å². The number of imide groups is 1. The van der Waals surface area contributed by atoms with Crippen LogP contribution in [0.3, 0.4) is 0 Å². The van der Waals surface area contributed by atoms with Crippen molar-refractivity contribution in [1.82, 2.24) is 5.32 Å². The summed E-state index contributed by atoms with van der Waals surface area (Å²) in [5.74, 6) is -1.87. The highest BCUT2D eigenvalue weighted by molar-refractivity contribution is 6.03. The molecule has 5 nitrogen and oxygen atoms in total. The fourth-order valence-corrected chi connectivity index (χ4v) is 0.373. The first-order valence-corrected chi connectivity index (χ1v) is 2.81. The number of hydrogen-bond donors (Lipinski definition) is 2. The Morgan fingerprint density at radius 3 is 2.18 bits per heavy atom. The summed E-state index contributed by atoms with van der Waals surface area (Å²) >= 11 is 0. The summed E-state index contributed by atoms with van der Waals surface area (Å²) in [5.41, 5.74) is 4.68. The van der Waals surface area contributed by atoms with Gasteiger partial charge in [-0.25, -0.2) is 0 Å². The molecule has 5 heteroatoms. The molecule has 0 aliphatic rings. The summed E-state index contributed by atoms with van der Waals surface area (Å²) in [4.78, 5) is 30.8. The van der Waals surface area contributed by atoms with Crippen molar-refractivity contribution in [3.05, 3.63) is 12.2 Å². The maximum absolute atomic E-state index is 10.5. The highest BCUT2D eigenvalue weighted by atomic mass is 16.2. The second-order valence-corrected chi connectivity index (χ2v) is 1.78. The summed E-state index contributed by atoms with van der Waals surface area (Å²) in [7, 11) is 0. The van der Waals surface area contributed by atoms with Gasteiger partial charge in [0.15, 0.2) is 0 Å². The monoisotopic (exact) mass is 156 g/mol. The van der Waals surface area contributed by atoms with E-state index in [1.807, 2.05) is 5.32 Å². The molecule has 0 saturated heterocycles. The van der Waals surface area contributed by atoms with Gasteiger partial charge in [0.1, 0.15) is 0 Å². The molecule has 0 spiro atoms. The minimum atomic E-state index is -0.733. The maximum Gasteiger partial charge on any atom is 0.250 e. The molecule has 3 N–H and O–H groups in total. The zero-order chi connectivity index (χ0) is 8.85. The van der Waals surface area contributed by atoms with Gasteiger partial charge >= 0.3 is 0 Å². The molecule has 0 aromatic heterocycles. The summed E-state index contributed by atoms with van der Waals surface area (Å²) in [6, 6.07) is 0. The van der Waals surface area contributed by atoms with Crippen molar-refractivity contribution in [3.63, 3.8) is 0 Å². The van der Waals surface area contributed by atoms with Crippen molar-refractivity contribution in [2.75, 3.05) is 0 Å². The van der Waals surface area contributed by atoms with Crippen molar-refractivity contribution in [1.29, 1.82) is 0 Å². The molecule has 0 radical (unpaired) electrons. The van der Waals surface area contributed by atoms with Gasteiger partial charge in [-0.05, 0) is 0 Å². The Hall–Kier alpha value is -1.65. The highest BCUT2D eigenvalue weighted by Crippen LogP contribution is 1.72. The molecule has 0 rings (SSSR count). The SMILES string of the molecule is CC(=O)NC(=O)C=CC(N)=O. The Balaban J connectivity index is 3.88. The van der Waals surface area contributed by atoms with E-state index in [9.17, 15) is 14.4 Å². The van der Waals surface area contributed by atoms with Crippen LogP contribution in [0.15, 0.2) is 12.2 Å². The van der Waals surface area contributed by atoms with Crippen LogP contribution in [0.4, 0.5) is 0 Å². The Morgan fingerprint density at radius 2 is 1.82 bits per heavy atom. The van der Waals surface area contributed by atoms with Gasteiger partial charge in [-0.1, -0.05) is 0 Å². The van der Waals surface area contributed by atoms with E-state index in [-0.39, 0.29) is 0 Å². The standard InChI is InChI=1S/C6H8N2O3/c1-4(9)8-6(11)3-2-5(7)10/h2-3H,1H3,(H2,7,10)(H,8,9,11). The summed E-state index contributed by atoms with van der Waals surface area (Å²) in [6.07, 6.45) is 1.77. The average Bonchev–Trinajstić information content (AvgIpc) is 1.82. The topological polar surface area (TPSA) is 89.3 Å².